The van der Waals surface area contributed by atoms with Crippen LogP contribution in [0.3, 0.4) is 0 Å². The van der Waals surface area contributed by atoms with Crippen molar-refractivity contribution >= 4 is 16.8 Å². The minimum atomic E-state index is 0.0333. The fraction of sp³-hybridized carbons (Fsp3) is 0.545. The van der Waals surface area contributed by atoms with Crippen molar-refractivity contribution in [2.45, 2.75) is 32.7 Å². The first kappa shape index (κ1) is 18.4. The Morgan fingerprint density at radius 3 is 2.85 bits per heavy atom. The molecule has 0 N–H and O–H groups in total. The monoisotopic (exact) mass is 367 g/mol. The summed E-state index contributed by atoms with van der Waals surface area (Å²) in [6.07, 6.45) is 2.14. The van der Waals surface area contributed by atoms with Crippen molar-refractivity contribution in [3.63, 3.8) is 0 Å². The van der Waals surface area contributed by atoms with Gasteiger partial charge in [0.05, 0.1) is 18.7 Å². The number of aromatic nitrogens is 1. The van der Waals surface area contributed by atoms with Gasteiger partial charge in [0.1, 0.15) is 5.69 Å². The van der Waals surface area contributed by atoms with Crippen LogP contribution in [0.25, 0.3) is 10.9 Å². The molecule has 27 heavy (non-hydrogen) atoms. The van der Waals surface area contributed by atoms with E-state index in [2.05, 4.69) is 23.7 Å². The second kappa shape index (κ2) is 7.56. The second-order valence-electron chi connectivity index (χ2n) is 8.34. The quantitative estimate of drug-likeness (QED) is 0.818. The van der Waals surface area contributed by atoms with Gasteiger partial charge in [-0.15, -0.1) is 0 Å². The number of carbonyl (C=O) groups is 1. The number of likely N-dealkylation sites (tertiary alicyclic amines) is 1. The summed E-state index contributed by atoms with van der Waals surface area (Å²) < 4.78 is 5.96. The van der Waals surface area contributed by atoms with E-state index < -0.39 is 0 Å². The minimum absolute atomic E-state index is 0.0333. The molecule has 1 amide bonds. The predicted molar refractivity (Wildman–Crippen MR) is 107 cm³/mol. The van der Waals surface area contributed by atoms with Crippen molar-refractivity contribution in [3.8, 4) is 0 Å². The molecular weight excluding hydrogens is 338 g/mol. The standard InChI is InChI=1S/C22H29N3O2/c1-17(2)24-12-13-27-16-22(14-24)10-5-11-25(15-22)21(26)20-9-8-18-6-3-4-7-19(18)23-20/h3-4,6-9,17H,5,10-16H2,1-2H3. The van der Waals surface area contributed by atoms with Gasteiger partial charge in [-0.25, -0.2) is 4.98 Å². The van der Waals surface area contributed by atoms with Crippen LogP contribution in [-0.2, 0) is 4.74 Å². The van der Waals surface area contributed by atoms with E-state index in [0.29, 0.717) is 11.7 Å². The zero-order valence-electron chi connectivity index (χ0n) is 16.4. The summed E-state index contributed by atoms with van der Waals surface area (Å²) in [5, 5.41) is 1.06. The van der Waals surface area contributed by atoms with Gasteiger partial charge >= 0.3 is 0 Å². The summed E-state index contributed by atoms with van der Waals surface area (Å²) in [7, 11) is 0. The first-order valence-corrected chi connectivity index (χ1v) is 10.0. The van der Waals surface area contributed by atoms with E-state index in [4.69, 9.17) is 4.74 Å². The molecule has 1 aromatic carbocycles. The first-order valence-electron chi connectivity index (χ1n) is 10.0. The summed E-state index contributed by atoms with van der Waals surface area (Å²) in [6.45, 7) is 9.53. The summed E-state index contributed by atoms with van der Waals surface area (Å²) in [4.78, 5) is 22.3. The molecule has 4 rings (SSSR count). The third-order valence-electron chi connectivity index (χ3n) is 5.97. The number of rotatable bonds is 2. The van der Waals surface area contributed by atoms with Gasteiger partial charge < -0.3 is 9.64 Å². The topological polar surface area (TPSA) is 45.7 Å². The van der Waals surface area contributed by atoms with Crippen LogP contribution in [0.5, 0.6) is 0 Å². The van der Waals surface area contributed by atoms with Gasteiger partial charge in [0.15, 0.2) is 0 Å². The van der Waals surface area contributed by atoms with Crippen LogP contribution in [0.2, 0.25) is 0 Å². The van der Waals surface area contributed by atoms with Crippen molar-refractivity contribution in [2.24, 2.45) is 5.41 Å². The van der Waals surface area contributed by atoms with Gasteiger partial charge in [-0.2, -0.15) is 0 Å². The molecule has 5 heteroatoms. The molecule has 2 fully saturated rings. The van der Waals surface area contributed by atoms with Crippen LogP contribution >= 0.6 is 0 Å². The lowest BCUT2D eigenvalue weighted by Crippen LogP contribution is -2.53. The zero-order chi connectivity index (χ0) is 18.9. The van der Waals surface area contributed by atoms with Crippen molar-refractivity contribution in [1.29, 1.82) is 0 Å². The molecule has 2 saturated heterocycles. The van der Waals surface area contributed by atoms with Crippen molar-refractivity contribution in [1.82, 2.24) is 14.8 Å². The van der Waals surface area contributed by atoms with E-state index in [1.165, 1.54) is 0 Å². The Morgan fingerprint density at radius 1 is 1.15 bits per heavy atom. The SMILES string of the molecule is CC(C)N1CCOCC2(CCCN(C(=O)c3ccc4ccccc4n3)C2)C1. The third kappa shape index (κ3) is 3.85. The van der Waals surface area contributed by atoms with E-state index in [1.54, 1.807) is 0 Å². The zero-order valence-corrected chi connectivity index (χ0v) is 16.4. The average molecular weight is 367 g/mol. The Balaban J connectivity index is 1.55. The maximum absolute atomic E-state index is 13.2. The van der Waals surface area contributed by atoms with Gasteiger partial charge in [0.2, 0.25) is 0 Å². The molecule has 1 unspecified atom stereocenters. The molecule has 1 spiro atoms. The molecular formula is C22H29N3O2. The maximum Gasteiger partial charge on any atom is 0.272 e. The Kier molecular flexibility index (Phi) is 5.15. The molecule has 0 saturated carbocycles. The number of piperidine rings is 1. The highest BCUT2D eigenvalue weighted by Gasteiger charge is 2.41. The number of pyridine rings is 1. The van der Waals surface area contributed by atoms with Gasteiger partial charge in [-0.1, -0.05) is 24.3 Å². The van der Waals surface area contributed by atoms with E-state index in [9.17, 15) is 4.79 Å². The third-order valence-corrected chi connectivity index (χ3v) is 5.97. The largest absolute Gasteiger partial charge is 0.379 e. The highest BCUT2D eigenvalue weighted by molar-refractivity contribution is 5.95. The lowest BCUT2D eigenvalue weighted by Gasteiger charge is -2.44. The average Bonchev–Trinajstić information content (AvgIpc) is 2.90. The van der Waals surface area contributed by atoms with Crippen LogP contribution in [0, 0.1) is 5.41 Å². The smallest absolute Gasteiger partial charge is 0.272 e. The molecule has 2 aliphatic heterocycles. The molecule has 3 heterocycles. The van der Waals surface area contributed by atoms with Crippen LogP contribution in [0.1, 0.15) is 37.2 Å². The maximum atomic E-state index is 13.2. The van der Waals surface area contributed by atoms with E-state index in [0.717, 1.165) is 63.1 Å². The van der Waals surface area contributed by atoms with Gasteiger partial charge in [0.25, 0.3) is 5.91 Å². The molecule has 2 aliphatic rings. The minimum Gasteiger partial charge on any atom is -0.379 e. The van der Waals surface area contributed by atoms with Gasteiger partial charge in [-0.05, 0) is 38.8 Å². The van der Waals surface area contributed by atoms with Crippen molar-refractivity contribution in [3.05, 3.63) is 42.1 Å². The molecule has 0 aliphatic carbocycles. The number of nitrogens with zero attached hydrogens (tertiary/aromatic N) is 3. The molecule has 1 atom stereocenters. The number of ether oxygens (including phenoxy) is 1. The molecule has 1 aromatic heterocycles. The number of para-hydroxylation sites is 1. The summed E-state index contributed by atoms with van der Waals surface area (Å²) in [5.41, 5.74) is 1.45. The molecule has 0 radical (unpaired) electrons. The number of carbonyl (C=O) groups excluding carboxylic acids is 1. The highest BCUT2D eigenvalue weighted by atomic mass is 16.5. The molecule has 2 aromatic rings. The van der Waals surface area contributed by atoms with Crippen LogP contribution in [0.15, 0.2) is 36.4 Å². The van der Waals surface area contributed by atoms with E-state index >= 15 is 0 Å². The van der Waals surface area contributed by atoms with Crippen LogP contribution in [-0.4, -0.2) is 66.1 Å². The molecule has 144 valence electrons. The van der Waals surface area contributed by atoms with Crippen LogP contribution in [0.4, 0.5) is 0 Å². The highest BCUT2D eigenvalue weighted by Crippen LogP contribution is 2.34. The Labute approximate surface area is 161 Å². The number of hydrogen-bond acceptors (Lipinski definition) is 4. The summed E-state index contributed by atoms with van der Waals surface area (Å²) in [5.74, 6) is 0.0418. The second-order valence-corrected chi connectivity index (χ2v) is 8.34. The Bertz CT molecular complexity index is 822. The molecule has 0 bridgehead atoms. The van der Waals surface area contributed by atoms with Gasteiger partial charge in [-0.3, -0.25) is 9.69 Å². The first-order chi connectivity index (χ1) is 13.1. The summed E-state index contributed by atoms with van der Waals surface area (Å²) >= 11 is 0. The Morgan fingerprint density at radius 2 is 2.00 bits per heavy atom. The van der Waals surface area contributed by atoms with Crippen LogP contribution < -0.4 is 0 Å². The molecule has 5 nitrogen and oxygen atoms in total. The fourth-order valence-corrected chi connectivity index (χ4v) is 4.44. The van der Waals surface area contributed by atoms with Crippen molar-refractivity contribution in [2.75, 3.05) is 39.4 Å². The number of amides is 1. The lowest BCUT2D eigenvalue weighted by atomic mass is 9.79. The normalized spacial score (nSPS) is 24.5. The number of benzene rings is 1. The van der Waals surface area contributed by atoms with Crippen molar-refractivity contribution < 1.29 is 9.53 Å². The van der Waals surface area contributed by atoms with E-state index in [1.807, 2.05) is 41.3 Å². The fourth-order valence-electron chi connectivity index (χ4n) is 4.44. The lowest BCUT2D eigenvalue weighted by molar-refractivity contribution is 0.00551. The van der Waals surface area contributed by atoms with Gasteiger partial charge in [0, 0.05) is 43.0 Å². The Hall–Kier alpha value is -1.98. The van der Waals surface area contributed by atoms with E-state index in [-0.39, 0.29) is 11.3 Å². The predicted octanol–water partition coefficient (Wildman–Crippen LogP) is 3.20. The number of hydrogen-bond donors (Lipinski definition) is 0. The summed E-state index contributed by atoms with van der Waals surface area (Å²) in [6, 6.07) is 12.3. The number of fused-ring (bicyclic) bond motifs is 1.